The van der Waals surface area contributed by atoms with Crippen molar-refractivity contribution in [3.63, 3.8) is 0 Å². The lowest BCUT2D eigenvalue weighted by Crippen LogP contribution is -2.12. The highest BCUT2D eigenvalue weighted by Crippen LogP contribution is 2.19. The highest BCUT2D eigenvalue weighted by atomic mass is 79.9. The molecule has 2 nitrogen and oxygen atoms in total. The van der Waals surface area contributed by atoms with Crippen LogP contribution in [-0.4, -0.2) is 15.7 Å². The van der Waals surface area contributed by atoms with Crippen molar-refractivity contribution in [1.29, 1.82) is 0 Å². The van der Waals surface area contributed by atoms with Gasteiger partial charge < -0.3 is 0 Å². The molecule has 0 saturated carbocycles. The first kappa shape index (κ1) is 15.0. The molecule has 6 heteroatoms. The third-order valence-corrected chi connectivity index (χ3v) is 4.59. The lowest BCUT2D eigenvalue weighted by molar-refractivity contribution is 0.102. The molecule has 0 amide bonds. The van der Waals surface area contributed by atoms with Crippen LogP contribution in [-0.2, 0) is 10.8 Å². The fourth-order valence-corrected chi connectivity index (χ4v) is 3.20. The molecule has 0 radical (unpaired) electrons. The molecule has 2 aromatic rings. The van der Waals surface area contributed by atoms with Gasteiger partial charge in [0.1, 0.15) is 11.6 Å². The van der Waals surface area contributed by atoms with Gasteiger partial charge in [0.15, 0.2) is 5.78 Å². The van der Waals surface area contributed by atoms with Gasteiger partial charge in [-0.05, 0) is 24.3 Å². The lowest BCUT2D eigenvalue weighted by atomic mass is 10.1. The van der Waals surface area contributed by atoms with Gasteiger partial charge in [0.2, 0.25) is 0 Å². The molecule has 0 fully saturated rings. The van der Waals surface area contributed by atoms with E-state index < -0.39 is 34.0 Å². The molecule has 1 atom stereocenters. The van der Waals surface area contributed by atoms with Gasteiger partial charge in [0.25, 0.3) is 0 Å². The zero-order valence-electron chi connectivity index (χ0n) is 10.1. The molecule has 0 aliphatic rings. The Morgan fingerprint density at radius 2 is 1.85 bits per heavy atom. The van der Waals surface area contributed by atoms with Crippen molar-refractivity contribution in [2.75, 3.05) is 5.75 Å². The van der Waals surface area contributed by atoms with Crippen LogP contribution in [0.2, 0.25) is 0 Å². The first-order chi connectivity index (χ1) is 9.49. The molecule has 0 aromatic heterocycles. The van der Waals surface area contributed by atoms with Crippen LogP contribution in [0, 0.1) is 11.6 Å². The molecule has 0 aliphatic heterocycles. The fourth-order valence-electron chi connectivity index (χ4n) is 1.61. The SMILES string of the molecule is O=C(CS(=O)c1cc(F)ccc1F)c1ccccc1Br. The monoisotopic (exact) mass is 358 g/mol. The maximum atomic E-state index is 13.5. The third-order valence-electron chi connectivity index (χ3n) is 2.57. The number of halogens is 3. The van der Waals surface area contributed by atoms with Crippen LogP contribution in [0.3, 0.4) is 0 Å². The van der Waals surface area contributed by atoms with E-state index in [1.807, 2.05) is 0 Å². The van der Waals surface area contributed by atoms with Gasteiger partial charge in [-0.2, -0.15) is 0 Å². The summed E-state index contributed by atoms with van der Waals surface area (Å²) in [5.74, 6) is -2.28. The van der Waals surface area contributed by atoms with Crippen LogP contribution in [0.4, 0.5) is 8.78 Å². The van der Waals surface area contributed by atoms with E-state index in [2.05, 4.69) is 15.9 Å². The predicted molar refractivity (Wildman–Crippen MR) is 76.1 cm³/mol. The van der Waals surface area contributed by atoms with Gasteiger partial charge in [-0.25, -0.2) is 8.78 Å². The Labute approximate surface area is 125 Å². The van der Waals surface area contributed by atoms with Crippen LogP contribution in [0.1, 0.15) is 10.4 Å². The van der Waals surface area contributed by atoms with Crippen molar-refractivity contribution < 1.29 is 17.8 Å². The third kappa shape index (κ3) is 3.37. The minimum absolute atomic E-state index is 0.301. The van der Waals surface area contributed by atoms with E-state index in [1.54, 1.807) is 24.3 Å². The summed E-state index contributed by atoms with van der Waals surface area (Å²) in [4.78, 5) is 11.7. The van der Waals surface area contributed by atoms with Crippen molar-refractivity contribution >= 4 is 32.5 Å². The maximum absolute atomic E-state index is 13.5. The molecule has 0 heterocycles. The summed E-state index contributed by atoms with van der Waals surface area (Å²) in [6.45, 7) is 0. The van der Waals surface area contributed by atoms with Crippen LogP contribution in [0.15, 0.2) is 51.8 Å². The molecule has 2 aromatic carbocycles. The van der Waals surface area contributed by atoms with Gasteiger partial charge in [-0.1, -0.05) is 34.1 Å². The van der Waals surface area contributed by atoms with Crippen LogP contribution < -0.4 is 0 Å². The van der Waals surface area contributed by atoms with Crippen LogP contribution >= 0.6 is 15.9 Å². The number of ketones is 1. The molecule has 104 valence electrons. The molecular weight excluding hydrogens is 350 g/mol. The summed E-state index contributed by atoms with van der Waals surface area (Å²) in [6, 6.07) is 9.34. The Balaban J connectivity index is 2.22. The molecule has 0 N–H and O–H groups in total. The lowest BCUT2D eigenvalue weighted by Gasteiger charge is -2.05. The van der Waals surface area contributed by atoms with E-state index in [-0.39, 0.29) is 4.90 Å². The molecular formula is C14H9BrF2O2S. The maximum Gasteiger partial charge on any atom is 0.176 e. The van der Waals surface area contributed by atoms with Crippen LogP contribution in [0.5, 0.6) is 0 Å². The number of hydrogen-bond donors (Lipinski definition) is 0. The van der Waals surface area contributed by atoms with Gasteiger partial charge in [0.05, 0.1) is 21.4 Å². The van der Waals surface area contributed by atoms with E-state index in [0.717, 1.165) is 18.2 Å². The zero-order valence-corrected chi connectivity index (χ0v) is 12.5. The number of Topliss-reactive ketones (excluding diaryl/α,β-unsaturated/α-hetero) is 1. The Morgan fingerprint density at radius 1 is 1.15 bits per heavy atom. The second-order valence-electron chi connectivity index (χ2n) is 3.97. The molecule has 20 heavy (non-hydrogen) atoms. The van der Waals surface area contributed by atoms with Gasteiger partial charge >= 0.3 is 0 Å². The smallest absolute Gasteiger partial charge is 0.176 e. The van der Waals surface area contributed by atoms with Crippen molar-refractivity contribution in [3.05, 3.63) is 64.1 Å². The van der Waals surface area contributed by atoms with Crippen LogP contribution in [0.25, 0.3) is 0 Å². The van der Waals surface area contributed by atoms with Crippen molar-refractivity contribution in [2.45, 2.75) is 4.90 Å². The first-order valence-corrected chi connectivity index (χ1v) is 7.71. The highest BCUT2D eigenvalue weighted by molar-refractivity contribution is 9.10. The summed E-state index contributed by atoms with van der Waals surface area (Å²) in [7, 11) is -1.93. The normalized spacial score (nSPS) is 12.2. The first-order valence-electron chi connectivity index (χ1n) is 5.60. The fraction of sp³-hybridized carbons (Fsp3) is 0.0714. The summed E-state index contributed by atoms with van der Waals surface area (Å²) in [5, 5.41) is 0. The quantitative estimate of drug-likeness (QED) is 0.780. The largest absolute Gasteiger partial charge is 0.293 e. The van der Waals surface area contributed by atoms with Gasteiger partial charge in [-0.15, -0.1) is 0 Å². The van der Waals surface area contributed by atoms with Gasteiger partial charge in [0, 0.05) is 10.0 Å². The topological polar surface area (TPSA) is 34.1 Å². The predicted octanol–water partition coefficient (Wildman–Crippen LogP) is 3.72. The molecule has 2 rings (SSSR count). The molecule has 0 aliphatic carbocycles. The number of carbonyl (C=O) groups excluding carboxylic acids is 1. The minimum Gasteiger partial charge on any atom is -0.293 e. The number of hydrogen-bond acceptors (Lipinski definition) is 2. The second kappa shape index (κ2) is 6.37. The highest BCUT2D eigenvalue weighted by Gasteiger charge is 2.17. The Hall–Kier alpha value is -1.40. The summed E-state index contributed by atoms with van der Waals surface area (Å²) >= 11 is 3.22. The molecule has 0 saturated heterocycles. The minimum atomic E-state index is -1.93. The second-order valence-corrected chi connectivity index (χ2v) is 6.24. The number of benzene rings is 2. The standard InChI is InChI=1S/C14H9BrF2O2S/c15-11-4-2-1-3-10(11)13(18)8-20(19)14-7-9(16)5-6-12(14)17/h1-7H,8H2. The average Bonchev–Trinajstić information content (AvgIpc) is 2.41. The van der Waals surface area contributed by atoms with Gasteiger partial charge in [-0.3, -0.25) is 9.00 Å². The van der Waals surface area contributed by atoms with Crippen molar-refractivity contribution in [3.8, 4) is 0 Å². The Bertz CT molecular complexity index is 689. The Morgan fingerprint density at radius 3 is 2.55 bits per heavy atom. The number of rotatable bonds is 4. The summed E-state index contributed by atoms with van der Waals surface area (Å²) < 4.78 is 39.1. The molecule has 0 spiro atoms. The average molecular weight is 359 g/mol. The van der Waals surface area contributed by atoms with Crippen molar-refractivity contribution in [1.82, 2.24) is 0 Å². The van der Waals surface area contributed by atoms with E-state index in [9.17, 15) is 17.8 Å². The number of carbonyl (C=O) groups is 1. The Kier molecular flexibility index (Phi) is 4.77. The zero-order chi connectivity index (χ0) is 14.7. The summed E-state index contributed by atoms with van der Waals surface area (Å²) in [6.07, 6.45) is 0. The van der Waals surface area contributed by atoms with E-state index >= 15 is 0 Å². The molecule has 1 unspecified atom stereocenters. The van der Waals surface area contributed by atoms with E-state index in [0.29, 0.717) is 10.0 Å². The summed E-state index contributed by atoms with van der Waals surface area (Å²) in [5.41, 5.74) is 0.359. The molecule has 0 bridgehead atoms. The van der Waals surface area contributed by atoms with Crippen molar-refractivity contribution in [2.24, 2.45) is 0 Å². The van der Waals surface area contributed by atoms with E-state index in [1.165, 1.54) is 0 Å². The van der Waals surface area contributed by atoms with E-state index in [4.69, 9.17) is 0 Å².